The number of aromatic nitrogens is 5. The Morgan fingerprint density at radius 2 is 1.92 bits per heavy atom. The first-order valence-electron chi connectivity index (χ1n) is 12.4. The van der Waals surface area contributed by atoms with Crippen LogP contribution in [0.25, 0.3) is 5.82 Å². The van der Waals surface area contributed by atoms with Crippen molar-refractivity contribution >= 4 is 12.1 Å². The maximum Gasteiger partial charge on any atom is 0.408 e. The Kier molecular flexibility index (Phi) is 7.59. The second kappa shape index (κ2) is 10.4. The Morgan fingerprint density at radius 3 is 2.53 bits per heavy atom. The Morgan fingerprint density at radius 1 is 1.21 bits per heavy atom. The highest BCUT2D eigenvalue weighted by Crippen LogP contribution is 2.42. The minimum Gasteiger partial charge on any atom is -0.461 e. The number of carbonyl (C=O) groups is 2. The Bertz CT molecular complexity index is 1210. The van der Waals surface area contributed by atoms with E-state index in [9.17, 15) is 14.4 Å². The third kappa shape index (κ3) is 6.19. The average molecular weight is 535 g/mol. The van der Waals surface area contributed by atoms with E-state index in [0.29, 0.717) is 5.82 Å². The Balaban J connectivity index is 1.47. The Labute approximate surface area is 219 Å². The number of hydrogen-bond acceptors (Lipinski definition) is 11. The van der Waals surface area contributed by atoms with Crippen LogP contribution in [0.15, 0.2) is 29.7 Å². The highest BCUT2D eigenvalue weighted by molar-refractivity contribution is 5.81. The van der Waals surface area contributed by atoms with Crippen LogP contribution in [-0.2, 0) is 28.5 Å². The minimum absolute atomic E-state index is 0.186. The molecule has 0 aliphatic carbocycles. The highest BCUT2D eigenvalue weighted by Gasteiger charge is 2.56. The van der Waals surface area contributed by atoms with E-state index in [2.05, 4.69) is 20.4 Å². The Hall–Kier alpha value is -3.36. The number of hydrogen-bond donors (Lipinski definition) is 1. The molecule has 2 aromatic rings. The van der Waals surface area contributed by atoms with Crippen LogP contribution in [0.4, 0.5) is 4.79 Å². The molecule has 38 heavy (non-hydrogen) atoms. The molecule has 2 saturated heterocycles. The van der Waals surface area contributed by atoms with Gasteiger partial charge in [0, 0.05) is 6.20 Å². The number of amides is 1. The summed E-state index contributed by atoms with van der Waals surface area (Å²) in [5.41, 5.74) is -1.31. The van der Waals surface area contributed by atoms with Gasteiger partial charge in [-0.2, -0.15) is 10.1 Å². The van der Waals surface area contributed by atoms with Crippen molar-refractivity contribution in [1.82, 2.24) is 29.6 Å². The summed E-state index contributed by atoms with van der Waals surface area (Å²) in [6, 6.07) is 0.657. The molecular weight excluding hydrogens is 500 g/mol. The van der Waals surface area contributed by atoms with E-state index >= 15 is 0 Å². The van der Waals surface area contributed by atoms with Gasteiger partial charge in [-0.3, -0.25) is 4.57 Å². The van der Waals surface area contributed by atoms with Gasteiger partial charge in [-0.1, -0.05) is 13.8 Å². The number of alkyl carbamates (subject to hydrolysis) is 1. The summed E-state index contributed by atoms with van der Waals surface area (Å²) in [5.74, 6) is -1.57. The fraction of sp³-hybridized carbons (Fsp3) is 0.667. The van der Waals surface area contributed by atoms with Crippen LogP contribution < -0.4 is 11.0 Å². The van der Waals surface area contributed by atoms with Gasteiger partial charge in [-0.25, -0.2) is 24.0 Å². The summed E-state index contributed by atoms with van der Waals surface area (Å²) in [5, 5.41) is 6.55. The summed E-state index contributed by atoms with van der Waals surface area (Å²) in [6.45, 7) is 12.1. The molecule has 0 spiro atoms. The van der Waals surface area contributed by atoms with E-state index < -0.39 is 59.7 Å². The van der Waals surface area contributed by atoms with Crippen LogP contribution in [0.1, 0.15) is 54.7 Å². The number of fused-ring (bicyclic) bond motifs is 1. The van der Waals surface area contributed by atoms with Gasteiger partial charge >= 0.3 is 17.8 Å². The molecule has 14 heteroatoms. The van der Waals surface area contributed by atoms with Crippen LogP contribution >= 0.6 is 0 Å². The molecule has 5 atom stereocenters. The number of esters is 1. The predicted molar refractivity (Wildman–Crippen MR) is 130 cm³/mol. The monoisotopic (exact) mass is 534 g/mol. The minimum atomic E-state index is -0.948. The van der Waals surface area contributed by atoms with Crippen LogP contribution in [0.2, 0.25) is 0 Å². The van der Waals surface area contributed by atoms with Crippen LogP contribution in [0, 0.1) is 5.92 Å². The molecular formula is C24H34N6O8. The number of nitrogens with zero attached hydrogens (tertiary/aromatic N) is 5. The summed E-state index contributed by atoms with van der Waals surface area (Å²) >= 11 is 0. The highest BCUT2D eigenvalue weighted by atomic mass is 16.8. The van der Waals surface area contributed by atoms with Crippen molar-refractivity contribution in [2.75, 3.05) is 6.61 Å². The lowest BCUT2D eigenvalue weighted by Gasteiger charge is -2.26. The molecule has 4 rings (SSSR count). The number of rotatable bonds is 7. The van der Waals surface area contributed by atoms with E-state index in [1.54, 1.807) is 54.5 Å². The standard InChI is InChI=1S/C24H34N6O8/c1-13(2)16(28-22(33)38-23(3,4)5)20(31)34-10-14-17-18(37-24(6,7)36-17)19(35-14)29-9-8-15(27-21(29)32)30-12-25-11-26-30/h8-9,11-14,16-19H,10H2,1-7H3,(H,28,33)/t14?,16-,17+,18+,19+/m0/s1. The van der Waals surface area contributed by atoms with Crippen molar-refractivity contribution in [3.63, 3.8) is 0 Å². The second-order valence-corrected chi connectivity index (χ2v) is 10.9. The topological polar surface area (TPSA) is 158 Å². The molecule has 0 bridgehead atoms. The lowest BCUT2D eigenvalue weighted by atomic mass is 10.1. The molecule has 2 aromatic heterocycles. The smallest absolute Gasteiger partial charge is 0.408 e. The second-order valence-electron chi connectivity index (χ2n) is 10.9. The lowest BCUT2D eigenvalue weighted by Crippen LogP contribution is -2.48. The molecule has 0 aromatic carbocycles. The maximum atomic E-state index is 12.9. The molecule has 1 unspecified atom stereocenters. The summed E-state index contributed by atoms with van der Waals surface area (Å²) < 4.78 is 31.7. The van der Waals surface area contributed by atoms with Gasteiger partial charge in [0.2, 0.25) is 0 Å². The molecule has 0 radical (unpaired) electrons. The van der Waals surface area contributed by atoms with Crippen LogP contribution in [-0.4, -0.2) is 78.7 Å². The molecule has 2 aliphatic rings. The number of nitrogens with one attached hydrogen (secondary N) is 1. The lowest BCUT2D eigenvalue weighted by molar-refractivity contribution is -0.203. The van der Waals surface area contributed by atoms with Gasteiger partial charge in [0.05, 0.1) is 0 Å². The molecule has 208 valence electrons. The molecule has 2 aliphatic heterocycles. The first kappa shape index (κ1) is 27.7. The molecule has 1 N–H and O–H groups in total. The molecule has 4 heterocycles. The zero-order valence-corrected chi connectivity index (χ0v) is 22.5. The first-order valence-corrected chi connectivity index (χ1v) is 12.4. The summed E-state index contributed by atoms with van der Waals surface area (Å²) in [6.07, 6.45) is 0.659. The quantitative estimate of drug-likeness (QED) is 0.511. The van der Waals surface area contributed by atoms with Gasteiger partial charge in [0.1, 0.15) is 49.2 Å². The fourth-order valence-electron chi connectivity index (χ4n) is 4.26. The van der Waals surface area contributed by atoms with E-state index in [1.165, 1.54) is 28.1 Å². The van der Waals surface area contributed by atoms with Crippen molar-refractivity contribution in [2.24, 2.45) is 5.92 Å². The summed E-state index contributed by atoms with van der Waals surface area (Å²) in [7, 11) is 0. The van der Waals surface area contributed by atoms with Crippen LogP contribution in [0.5, 0.6) is 0 Å². The van der Waals surface area contributed by atoms with Crippen molar-refractivity contribution in [3.05, 3.63) is 35.4 Å². The first-order chi connectivity index (χ1) is 17.7. The number of carbonyl (C=O) groups excluding carboxylic acids is 2. The normalized spacial score (nSPS) is 25.2. The van der Waals surface area contributed by atoms with Gasteiger partial charge in [-0.05, 0) is 46.6 Å². The van der Waals surface area contributed by atoms with Crippen molar-refractivity contribution < 1.29 is 33.3 Å². The van der Waals surface area contributed by atoms with Gasteiger partial charge in [0.15, 0.2) is 17.8 Å². The largest absolute Gasteiger partial charge is 0.461 e. The van der Waals surface area contributed by atoms with E-state index in [0.717, 1.165) is 0 Å². The predicted octanol–water partition coefficient (Wildman–Crippen LogP) is 1.33. The van der Waals surface area contributed by atoms with E-state index in [1.807, 2.05) is 0 Å². The zero-order chi connectivity index (χ0) is 27.8. The molecule has 1 amide bonds. The third-order valence-corrected chi connectivity index (χ3v) is 5.85. The van der Waals surface area contributed by atoms with Crippen molar-refractivity contribution in [2.45, 2.75) is 90.4 Å². The van der Waals surface area contributed by atoms with Gasteiger partial charge in [0.25, 0.3) is 0 Å². The fourth-order valence-corrected chi connectivity index (χ4v) is 4.26. The molecule has 0 saturated carbocycles. The molecule has 14 nitrogen and oxygen atoms in total. The van der Waals surface area contributed by atoms with Gasteiger partial charge < -0.3 is 29.0 Å². The number of ether oxygens (including phenoxy) is 5. The van der Waals surface area contributed by atoms with E-state index in [-0.39, 0.29) is 12.5 Å². The van der Waals surface area contributed by atoms with Crippen molar-refractivity contribution in [3.8, 4) is 5.82 Å². The third-order valence-electron chi connectivity index (χ3n) is 5.85. The SMILES string of the molecule is CC(C)[C@H](NC(=O)OC(C)(C)C)C(=O)OCC1O[C@@H](n2ccc(-n3cncn3)nc2=O)[C@@H]2OC(C)(C)O[C@H]12. The van der Waals surface area contributed by atoms with Crippen LogP contribution in [0.3, 0.4) is 0 Å². The summed E-state index contributed by atoms with van der Waals surface area (Å²) in [4.78, 5) is 46.0. The van der Waals surface area contributed by atoms with E-state index in [4.69, 9.17) is 23.7 Å². The molecule has 2 fully saturated rings. The maximum absolute atomic E-state index is 12.9. The average Bonchev–Trinajstić information content (AvgIpc) is 3.50. The zero-order valence-electron chi connectivity index (χ0n) is 22.5. The van der Waals surface area contributed by atoms with Crippen molar-refractivity contribution in [1.29, 1.82) is 0 Å². The van der Waals surface area contributed by atoms with Gasteiger partial charge in [-0.15, -0.1) is 0 Å².